The van der Waals surface area contributed by atoms with Gasteiger partial charge in [-0.25, -0.2) is 4.79 Å². The molecule has 0 aliphatic carbocycles. The Morgan fingerprint density at radius 3 is 2.43 bits per heavy atom. The Morgan fingerprint density at radius 1 is 1.00 bits per heavy atom. The molecule has 0 saturated carbocycles. The van der Waals surface area contributed by atoms with Crippen molar-refractivity contribution in [3.8, 4) is 5.75 Å². The Kier molecular flexibility index (Phi) is 3.68. The van der Waals surface area contributed by atoms with Crippen LogP contribution in [-0.4, -0.2) is 16.2 Å². The smallest absolute Gasteiger partial charge is 0.335 e. The fraction of sp³-hybridized carbons (Fsp3) is 0. The molecule has 1 heterocycles. The van der Waals surface area contributed by atoms with E-state index in [1.165, 1.54) is 24.3 Å². The Hall–Kier alpha value is -3.34. The van der Waals surface area contributed by atoms with Crippen LogP contribution >= 0.6 is 0 Å². The lowest BCUT2D eigenvalue weighted by molar-refractivity contribution is 0.0697. The first-order valence-corrected chi connectivity index (χ1v) is 6.81. The summed E-state index contributed by atoms with van der Waals surface area (Å²) < 4.78 is 5.59. The van der Waals surface area contributed by atoms with E-state index in [2.05, 4.69) is 0 Å². The van der Waals surface area contributed by atoms with Gasteiger partial charge in [-0.3, -0.25) is 4.79 Å². The van der Waals surface area contributed by atoms with Crippen LogP contribution in [0, 0.1) is 0 Å². The number of hydrogen-bond acceptors (Lipinski definition) is 4. The lowest BCUT2D eigenvalue weighted by atomic mass is 10.1. The van der Waals surface area contributed by atoms with Crippen LogP contribution in [0.1, 0.15) is 21.7 Å². The fourth-order valence-electron chi connectivity index (χ4n) is 2.15. The number of carboxylic acids is 1. The molecule has 0 aliphatic rings. The highest BCUT2D eigenvalue weighted by molar-refractivity contribution is 5.92. The number of phenols is 1. The van der Waals surface area contributed by atoms with Crippen molar-refractivity contribution in [2.75, 3.05) is 0 Å². The van der Waals surface area contributed by atoms with Gasteiger partial charge in [0.2, 0.25) is 0 Å². The number of aromatic carboxylic acids is 1. The number of aromatic hydroxyl groups is 1. The van der Waals surface area contributed by atoms with Crippen molar-refractivity contribution in [2.45, 2.75) is 0 Å². The number of benzene rings is 2. The monoisotopic (exact) mass is 308 g/mol. The highest BCUT2D eigenvalue weighted by Crippen LogP contribution is 2.17. The molecular formula is C18H12O5. The summed E-state index contributed by atoms with van der Waals surface area (Å²) in [4.78, 5) is 23.1. The molecule has 5 heteroatoms. The molecule has 0 bridgehead atoms. The van der Waals surface area contributed by atoms with Crippen molar-refractivity contribution in [1.29, 1.82) is 0 Å². The standard InChI is InChI=1S/C18H12O5/c19-13-5-1-11(2-6-13)3-7-14-10-16(20)15-9-12(18(21)22)4-8-17(15)23-14/h1-10,19H,(H,21,22). The van der Waals surface area contributed by atoms with Crippen molar-refractivity contribution >= 4 is 29.1 Å². The van der Waals surface area contributed by atoms with Gasteiger partial charge in [-0.1, -0.05) is 18.2 Å². The second-order valence-corrected chi connectivity index (χ2v) is 4.95. The largest absolute Gasteiger partial charge is 0.508 e. The van der Waals surface area contributed by atoms with Gasteiger partial charge in [0, 0.05) is 6.07 Å². The molecule has 0 radical (unpaired) electrons. The Morgan fingerprint density at radius 2 is 1.74 bits per heavy atom. The van der Waals surface area contributed by atoms with E-state index in [1.54, 1.807) is 36.4 Å². The number of carboxylic acid groups (broad SMARTS) is 1. The molecule has 0 atom stereocenters. The van der Waals surface area contributed by atoms with Crippen LogP contribution in [0.4, 0.5) is 0 Å². The maximum absolute atomic E-state index is 12.1. The first-order chi connectivity index (χ1) is 11.0. The molecule has 3 aromatic rings. The minimum absolute atomic E-state index is 0.0391. The maximum Gasteiger partial charge on any atom is 0.335 e. The van der Waals surface area contributed by atoms with Crippen LogP contribution in [0.5, 0.6) is 5.75 Å². The van der Waals surface area contributed by atoms with Gasteiger partial charge in [-0.2, -0.15) is 0 Å². The van der Waals surface area contributed by atoms with Crippen LogP contribution in [0.3, 0.4) is 0 Å². The van der Waals surface area contributed by atoms with Crippen molar-refractivity contribution in [2.24, 2.45) is 0 Å². The molecule has 0 aliphatic heterocycles. The minimum Gasteiger partial charge on any atom is -0.508 e. The predicted molar refractivity (Wildman–Crippen MR) is 86.5 cm³/mol. The van der Waals surface area contributed by atoms with Gasteiger partial charge in [-0.15, -0.1) is 0 Å². The molecule has 3 rings (SSSR count). The first kappa shape index (κ1) is 14.6. The van der Waals surface area contributed by atoms with Crippen LogP contribution in [-0.2, 0) is 0 Å². The molecule has 114 valence electrons. The Balaban J connectivity index is 1.99. The third-order valence-corrected chi connectivity index (χ3v) is 3.33. The van der Waals surface area contributed by atoms with Crippen molar-refractivity contribution in [3.05, 3.63) is 75.6 Å². The van der Waals surface area contributed by atoms with E-state index in [0.717, 1.165) is 5.56 Å². The molecule has 2 N–H and O–H groups in total. The van der Waals surface area contributed by atoms with Gasteiger partial charge in [0.05, 0.1) is 10.9 Å². The SMILES string of the molecule is O=C(O)c1ccc2oc(C=Cc3ccc(O)cc3)cc(=O)c2c1. The molecule has 23 heavy (non-hydrogen) atoms. The zero-order valence-corrected chi connectivity index (χ0v) is 11.9. The molecule has 0 spiro atoms. The fourth-order valence-corrected chi connectivity index (χ4v) is 2.15. The van der Waals surface area contributed by atoms with Gasteiger partial charge < -0.3 is 14.6 Å². The average molecular weight is 308 g/mol. The molecule has 1 aromatic heterocycles. The van der Waals surface area contributed by atoms with E-state index in [0.29, 0.717) is 11.3 Å². The maximum atomic E-state index is 12.1. The summed E-state index contributed by atoms with van der Waals surface area (Å²) in [7, 11) is 0. The summed E-state index contributed by atoms with van der Waals surface area (Å²) in [6.45, 7) is 0. The zero-order chi connectivity index (χ0) is 16.4. The summed E-state index contributed by atoms with van der Waals surface area (Å²) in [6, 6.07) is 12.0. The Labute approximate surface area is 130 Å². The summed E-state index contributed by atoms with van der Waals surface area (Å²) in [5, 5.41) is 18.4. The quantitative estimate of drug-likeness (QED) is 0.774. The Bertz CT molecular complexity index is 965. The second-order valence-electron chi connectivity index (χ2n) is 4.95. The molecule has 0 saturated heterocycles. The molecule has 0 unspecified atom stereocenters. The molecular weight excluding hydrogens is 296 g/mol. The first-order valence-electron chi connectivity index (χ1n) is 6.81. The number of rotatable bonds is 3. The van der Waals surface area contributed by atoms with Crippen molar-refractivity contribution < 1.29 is 19.4 Å². The third kappa shape index (κ3) is 3.13. The average Bonchev–Trinajstić information content (AvgIpc) is 2.54. The number of carbonyl (C=O) groups is 1. The van der Waals surface area contributed by atoms with Crippen molar-refractivity contribution in [3.63, 3.8) is 0 Å². The summed E-state index contributed by atoms with van der Waals surface area (Å²) in [5.41, 5.74) is 0.900. The van der Waals surface area contributed by atoms with Gasteiger partial charge in [0.1, 0.15) is 17.1 Å². The lowest BCUT2D eigenvalue weighted by Gasteiger charge is -2.01. The van der Waals surface area contributed by atoms with Gasteiger partial charge in [-0.05, 0) is 42.0 Å². The van der Waals surface area contributed by atoms with E-state index in [4.69, 9.17) is 9.52 Å². The highest BCUT2D eigenvalue weighted by Gasteiger charge is 2.08. The minimum atomic E-state index is -1.09. The van der Waals surface area contributed by atoms with E-state index in [-0.39, 0.29) is 22.1 Å². The molecule has 2 aromatic carbocycles. The van der Waals surface area contributed by atoms with Crippen LogP contribution in [0.15, 0.2) is 57.7 Å². The molecule has 0 fully saturated rings. The summed E-state index contributed by atoms with van der Waals surface area (Å²) in [5.74, 6) is -0.560. The molecule has 5 nitrogen and oxygen atoms in total. The van der Waals surface area contributed by atoms with Gasteiger partial charge >= 0.3 is 5.97 Å². The van der Waals surface area contributed by atoms with E-state index < -0.39 is 5.97 Å². The van der Waals surface area contributed by atoms with Crippen LogP contribution < -0.4 is 5.43 Å². The normalized spacial score (nSPS) is 11.1. The lowest BCUT2D eigenvalue weighted by Crippen LogP contribution is -2.03. The van der Waals surface area contributed by atoms with Crippen LogP contribution in [0.25, 0.3) is 23.1 Å². The van der Waals surface area contributed by atoms with E-state index in [9.17, 15) is 14.7 Å². The highest BCUT2D eigenvalue weighted by atomic mass is 16.4. The number of hydrogen-bond donors (Lipinski definition) is 2. The van der Waals surface area contributed by atoms with E-state index in [1.807, 2.05) is 0 Å². The number of phenolic OH excluding ortho intramolecular Hbond substituents is 1. The summed E-state index contributed by atoms with van der Waals surface area (Å²) >= 11 is 0. The topological polar surface area (TPSA) is 87.7 Å². The zero-order valence-electron chi connectivity index (χ0n) is 11.9. The summed E-state index contributed by atoms with van der Waals surface area (Å²) in [6.07, 6.45) is 3.38. The van der Waals surface area contributed by atoms with Crippen LogP contribution in [0.2, 0.25) is 0 Å². The second kappa shape index (κ2) is 5.81. The number of fused-ring (bicyclic) bond motifs is 1. The van der Waals surface area contributed by atoms with Gasteiger partial charge in [0.15, 0.2) is 5.43 Å². The third-order valence-electron chi connectivity index (χ3n) is 3.33. The van der Waals surface area contributed by atoms with Crippen molar-refractivity contribution in [1.82, 2.24) is 0 Å². The predicted octanol–water partition coefficient (Wildman–Crippen LogP) is 3.37. The molecule has 0 amide bonds. The van der Waals surface area contributed by atoms with Gasteiger partial charge in [0.25, 0.3) is 0 Å². The van der Waals surface area contributed by atoms with E-state index >= 15 is 0 Å².